The van der Waals surface area contributed by atoms with Gasteiger partial charge in [0.15, 0.2) is 0 Å². The van der Waals surface area contributed by atoms with Gasteiger partial charge >= 0.3 is 0 Å². The molecule has 1 heterocycles. The molecule has 0 saturated heterocycles. The lowest BCUT2D eigenvalue weighted by Crippen LogP contribution is -1.84. The summed E-state index contributed by atoms with van der Waals surface area (Å²) in [6, 6.07) is 15.1. The van der Waals surface area contributed by atoms with Gasteiger partial charge in [0.25, 0.3) is 0 Å². The van der Waals surface area contributed by atoms with Crippen LogP contribution in [-0.2, 0) is 5.88 Å². The van der Waals surface area contributed by atoms with Crippen LogP contribution in [0.4, 0.5) is 0 Å². The van der Waals surface area contributed by atoms with E-state index in [-0.39, 0.29) is 5.75 Å². The van der Waals surface area contributed by atoms with Crippen LogP contribution in [-0.4, -0.2) is 10.1 Å². The summed E-state index contributed by atoms with van der Waals surface area (Å²) in [5, 5.41) is 11.1. The fraction of sp³-hybridized carbons (Fsp3) is 0.0556. The van der Waals surface area contributed by atoms with Crippen molar-refractivity contribution in [2.75, 3.05) is 0 Å². The number of halogens is 2. The highest BCUT2D eigenvalue weighted by atomic mass is 35.5. The summed E-state index contributed by atoms with van der Waals surface area (Å²) < 4.78 is 0. The monoisotopic (exact) mass is 329 g/mol. The average Bonchev–Trinajstić information content (AvgIpc) is 2.55. The highest BCUT2D eigenvalue weighted by molar-refractivity contribution is 6.29. The van der Waals surface area contributed by atoms with Crippen molar-refractivity contribution >= 4 is 46.3 Å². The van der Waals surface area contributed by atoms with Crippen LogP contribution in [0.1, 0.15) is 16.7 Å². The predicted molar refractivity (Wildman–Crippen MR) is 93.3 cm³/mol. The maximum Gasteiger partial charge on any atom is 0.141 e. The van der Waals surface area contributed by atoms with Gasteiger partial charge in [0.1, 0.15) is 16.4 Å². The van der Waals surface area contributed by atoms with Gasteiger partial charge in [0.05, 0.1) is 0 Å². The number of nitrogens with zero attached hydrogens (tertiary/aromatic N) is 1. The van der Waals surface area contributed by atoms with Crippen molar-refractivity contribution < 1.29 is 5.11 Å². The van der Waals surface area contributed by atoms with E-state index in [4.69, 9.17) is 23.2 Å². The van der Waals surface area contributed by atoms with Gasteiger partial charge in [0, 0.05) is 11.3 Å². The van der Waals surface area contributed by atoms with Crippen molar-refractivity contribution in [3.63, 3.8) is 0 Å². The molecular weight excluding hydrogens is 317 g/mol. The normalized spacial score (nSPS) is 11.4. The maximum absolute atomic E-state index is 9.91. The lowest BCUT2D eigenvalue weighted by atomic mass is 10.1. The Morgan fingerprint density at radius 3 is 2.45 bits per heavy atom. The van der Waals surface area contributed by atoms with Crippen molar-refractivity contribution in [2.45, 2.75) is 5.88 Å². The molecule has 4 heteroatoms. The zero-order chi connectivity index (χ0) is 15.5. The molecule has 1 N–H and O–H groups in total. The second kappa shape index (κ2) is 6.39. The Morgan fingerprint density at radius 1 is 0.955 bits per heavy atom. The van der Waals surface area contributed by atoms with E-state index in [1.165, 1.54) is 0 Å². The number of alkyl halides is 1. The first-order valence-electron chi connectivity index (χ1n) is 6.78. The minimum absolute atomic E-state index is 0.126. The van der Waals surface area contributed by atoms with E-state index in [1.807, 2.05) is 48.6 Å². The molecule has 2 aromatic carbocycles. The molecule has 3 aromatic rings. The molecule has 22 heavy (non-hydrogen) atoms. The summed E-state index contributed by atoms with van der Waals surface area (Å²) in [5.41, 5.74) is 3.65. The molecule has 0 amide bonds. The third-order valence-corrected chi connectivity index (χ3v) is 3.94. The quantitative estimate of drug-likeness (QED) is 0.391. The molecule has 0 spiro atoms. The van der Waals surface area contributed by atoms with Gasteiger partial charge in [0.2, 0.25) is 0 Å². The standard InChI is InChI=1S/C18H13Cl2NO/c19-11-13-3-1-12(2-4-13)5-6-14-7-9-16(22)18-15(14)8-10-17(20)21-18/h1-10,22H,11H2/b6-5+. The van der Waals surface area contributed by atoms with Crippen LogP contribution >= 0.6 is 23.2 Å². The van der Waals surface area contributed by atoms with E-state index in [2.05, 4.69) is 4.98 Å². The Balaban J connectivity index is 1.99. The first-order valence-corrected chi connectivity index (χ1v) is 7.70. The number of benzene rings is 2. The van der Waals surface area contributed by atoms with Crippen molar-refractivity contribution in [1.29, 1.82) is 0 Å². The Kier molecular flexibility index (Phi) is 4.32. The molecule has 2 nitrogen and oxygen atoms in total. The molecule has 0 fully saturated rings. The summed E-state index contributed by atoms with van der Waals surface area (Å²) in [5.74, 6) is 0.639. The second-order valence-corrected chi connectivity index (χ2v) is 5.57. The number of aromatic nitrogens is 1. The van der Waals surface area contributed by atoms with Crippen molar-refractivity contribution in [2.24, 2.45) is 0 Å². The first-order chi connectivity index (χ1) is 10.7. The van der Waals surface area contributed by atoms with E-state index in [0.29, 0.717) is 16.5 Å². The zero-order valence-electron chi connectivity index (χ0n) is 11.6. The second-order valence-electron chi connectivity index (χ2n) is 4.91. The molecule has 0 bridgehead atoms. The molecule has 3 rings (SSSR count). The van der Waals surface area contributed by atoms with Crippen LogP contribution < -0.4 is 0 Å². The molecule has 0 saturated carbocycles. The van der Waals surface area contributed by atoms with Crippen LogP contribution in [0.5, 0.6) is 5.75 Å². The Bertz CT molecular complexity index is 842. The van der Waals surface area contributed by atoms with E-state index in [9.17, 15) is 5.11 Å². The maximum atomic E-state index is 9.91. The topological polar surface area (TPSA) is 33.1 Å². The molecule has 0 aliphatic heterocycles. The van der Waals surface area contributed by atoms with Gasteiger partial charge in [-0.1, -0.05) is 54.1 Å². The van der Waals surface area contributed by atoms with Gasteiger partial charge < -0.3 is 5.11 Å². The largest absolute Gasteiger partial charge is 0.506 e. The minimum atomic E-state index is 0.126. The van der Waals surface area contributed by atoms with E-state index < -0.39 is 0 Å². The number of hydrogen-bond acceptors (Lipinski definition) is 2. The summed E-state index contributed by atoms with van der Waals surface area (Å²) in [6.45, 7) is 0. The Hall–Kier alpha value is -2.03. The van der Waals surface area contributed by atoms with Crippen molar-refractivity contribution in [3.8, 4) is 5.75 Å². The minimum Gasteiger partial charge on any atom is -0.506 e. The van der Waals surface area contributed by atoms with Crippen LogP contribution in [0.3, 0.4) is 0 Å². The predicted octanol–water partition coefficient (Wildman–Crippen LogP) is 5.50. The molecule has 0 unspecified atom stereocenters. The first kappa shape index (κ1) is 14.9. The van der Waals surface area contributed by atoms with Crippen molar-refractivity contribution in [1.82, 2.24) is 4.98 Å². The van der Waals surface area contributed by atoms with Crippen LogP contribution in [0.2, 0.25) is 5.15 Å². The van der Waals surface area contributed by atoms with Gasteiger partial charge in [-0.05, 0) is 34.9 Å². The fourth-order valence-electron chi connectivity index (χ4n) is 2.25. The molecule has 0 radical (unpaired) electrons. The summed E-state index contributed by atoms with van der Waals surface area (Å²) in [4.78, 5) is 4.18. The molecular formula is C18H13Cl2NO. The van der Waals surface area contributed by atoms with Crippen LogP contribution in [0.25, 0.3) is 23.1 Å². The Labute approximate surface area is 138 Å². The highest BCUT2D eigenvalue weighted by Crippen LogP contribution is 2.28. The third kappa shape index (κ3) is 3.08. The van der Waals surface area contributed by atoms with E-state index >= 15 is 0 Å². The number of rotatable bonds is 3. The summed E-state index contributed by atoms with van der Waals surface area (Å²) >= 11 is 11.7. The highest BCUT2D eigenvalue weighted by Gasteiger charge is 2.05. The van der Waals surface area contributed by atoms with E-state index in [0.717, 1.165) is 22.1 Å². The number of pyridine rings is 1. The summed E-state index contributed by atoms with van der Waals surface area (Å²) in [6.07, 6.45) is 4.01. The molecule has 110 valence electrons. The van der Waals surface area contributed by atoms with Crippen molar-refractivity contribution in [3.05, 3.63) is 70.4 Å². The van der Waals surface area contributed by atoms with Gasteiger partial charge in [-0.25, -0.2) is 4.98 Å². The van der Waals surface area contributed by atoms with Crippen LogP contribution in [0, 0.1) is 0 Å². The number of phenolic OH excluding ortho intramolecular Hbond substituents is 1. The SMILES string of the molecule is Oc1ccc(/C=C/c2ccc(CCl)cc2)c2ccc(Cl)nc12. The van der Waals surface area contributed by atoms with Crippen LogP contribution in [0.15, 0.2) is 48.5 Å². The fourth-order valence-corrected chi connectivity index (χ4v) is 2.58. The molecule has 0 aliphatic rings. The number of fused-ring (bicyclic) bond motifs is 1. The molecule has 1 aromatic heterocycles. The lowest BCUT2D eigenvalue weighted by molar-refractivity contribution is 0.480. The average molecular weight is 330 g/mol. The number of hydrogen-bond donors (Lipinski definition) is 1. The van der Waals surface area contributed by atoms with Gasteiger partial charge in [-0.2, -0.15) is 0 Å². The smallest absolute Gasteiger partial charge is 0.141 e. The third-order valence-electron chi connectivity index (χ3n) is 3.43. The Morgan fingerprint density at radius 2 is 1.73 bits per heavy atom. The van der Waals surface area contributed by atoms with Gasteiger partial charge in [-0.15, -0.1) is 11.6 Å². The van der Waals surface area contributed by atoms with Gasteiger partial charge in [-0.3, -0.25) is 0 Å². The lowest BCUT2D eigenvalue weighted by Gasteiger charge is -2.04. The number of aromatic hydroxyl groups is 1. The molecule has 0 aliphatic carbocycles. The molecule has 0 atom stereocenters. The van der Waals surface area contributed by atoms with E-state index in [1.54, 1.807) is 12.1 Å². The number of phenols is 1. The summed E-state index contributed by atoms with van der Waals surface area (Å²) in [7, 11) is 0. The zero-order valence-corrected chi connectivity index (χ0v) is 13.1.